The lowest BCUT2D eigenvalue weighted by molar-refractivity contribution is -0.119. The third-order valence-corrected chi connectivity index (χ3v) is 7.93. The lowest BCUT2D eigenvalue weighted by Gasteiger charge is -2.35. The molecule has 3 aromatic carbocycles. The van der Waals surface area contributed by atoms with Crippen molar-refractivity contribution >= 4 is 34.8 Å². The summed E-state index contributed by atoms with van der Waals surface area (Å²) in [7, 11) is 1.59. The number of aromatic nitrogens is 2. The number of benzene rings is 3. The molecule has 240 valence electrons. The summed E-state index contributed by atoms with van der Waals surface area (Å²) in [6.07, 6.45) is 3.37. The van der Waals surface area contributed by atoms with Crippen LogP contribution in [0.1, 0.15) is 40.4 Å². The Morgan fingerprint density at radius 1 is 0.957 bits per heavy atom. The number of hydrogen-bond donors (Lipinski definition) is 3. The standard InChI is InChI=1S/C35H41N7O4/c1-5-7-25-10-15-29(30(20-25)45-4)46-34-28(33(44)39-32-23(2)8-6-9-24(32)3)21-37-35(40-34)38-26-11-13-27(14-12-26)42-18-16-41(17-19-42)22-31(36)43/h6,8-15,20-21H,5,7,16-19,22H2,1-4H3,(H2,36,43)(H,39,44)(H,37,38,40). The van der Waals surface area contributed by atoms with Crippen molar-refractivity contribution in [2.24, 2.45) is 5.73 Å². The van der Waals surface area contributed by atoms with Gasteiger partial charge in [0.2, 0.25) is 17.7 Å². The molecular formula is C35H41N7O4. The van der Waals surface area contributed by atoms with Gasteiger partial charge in [-0.3, -0.25) is 14.5 Å². The minimum absolute atomic E-state index is 0.0910. The number of amides is 2. The van der Waals surface area contributed by atoms with Crippen molar-refractivity contribution in [2.45, 2.75) is 33.6 Å². The number of aryl methyl sites for hydroxylation is 3. The zero-order valence-electron chi connectivity index (χ0n) is 26.8. The molecule has 1 aliphatic heterocycles. The van der Waals surface area contributed by atoms with E-state index in [9.17, 15) is 9.59 Å². The molecular weight excluding hydrogens is 582 g/mol. The number of ether oxygens (including phenoxy) is 2. The molecule has 1 fully saturated rings. The van der Waals surface area contributed by atoms with Crippen LogP contribution in [0, 0.1) is 13.8 Å². The van der Waals surface area contributed by atoms with E-state index in [2.05, 4.69) is 37.3 Å². The van der Waals surface area contributed by atoms with Gasteiger partial charge >= 0.3 is 0 Å². The summed E-state index contributed by atoms with van der Waals surface area (Å²) in [4.78, 5) is 38.3. The highest BCUT2D eigenvalue weighted by Gasteiger charge is 2.21. The van der Waals surface area contributed by atoms with Gasteiger partial charge in [0.25, 0.3) is 5.91 Å². The van der Waals surface area contributed by atoms with E-state index in [-0.39, 0.29) is 35.8 Å². The highest BCUT2D eigenvalue weighted by molar-refractivity contribution is 6.06. The number of carbonyl (C=O) groups is 2. The van der Waals surface area contributed by atoms with Crippen LogP contribution >= 0.6 is 0 Å². The van der Waals surface area contributed by atoms with Crippen LogP contribution in [-0.2, 0) is 11.2 Å². The van der Waals surface area contributed by atoms with Gasteiger partial charge in [-0.1, -0.05) is 37.6 Å². The zero-order valence-corrected chi connectivity index (χ0v) is 26.8. The molecule has 0 radical (unpaired) electrons. The Kier molecular flexibility index (Phi) is 10.3. The largest absolute Gasteiger partial charge is 0.493 e. The van der Waals surface area contributed by atoms with Gasteiger partial charge in [0.05, 0.1) is 13.7 Å². The fourth-order valence-electron chi connectivity index (χ4n) is 5.47. The lowest BCUT2D eigenvalue weighted by atomic mass is 10.1. The lowest BCUT2D eigenvalue weighted by Crippen LogP contribution is -2.48. The summed E-state index contributed by atoms with van der Waals surface area (Å²) in [6.45, 7) is 9.45. The van der Waals surface area contributed by atoms with Gasteiger partial charge in [0, 0.05) is 49.4 Å². The van der Waals surface area contributed by atoms with E-state index in [0.29, 0.717) is 11.5 Å². The van der Waals surface area contributed by atoms with Crippen LogP contribution in [0.15, 0.2) is 66.9 Å². The summed E-state index contributed by atoms with van der Waals surface area (Å²) in [5, 5.41) is 6.25. The Morgan fingerprint density at radius 2 is 1.67 bits per heavy atom. The first-order valence-electron chi connectivity index (χ1n) is 15.5. The van der Waals surface area contributed by atoms with Crippen LogP contribution in [0.25, 0.3) is 0 Å². The van der Waals surface area contributed by atoms with Crippen LogP contribution in [-0.4, -0.2) is 66.5 Å². The number of nitrogens with zero attached hydrogens (tertiary/aromatic N) is 4. The Hall–Kier alpha value is -5.16. The second-order valence-corrected chi connectivity index (χ2v) is 11.4. The molecule has 0 spiro atoms. The van der Waals surface area contributed by atoms with Gasteiger partial charge in [-0.2, -0.15) is 4.98 Å². The van der Waals surface area contributed by atoms with Crippen molar-refractivity contribution in [3.05, 3.63) is 89.1 Å². The fraction of sp³-hybridized carbons (Fsp3) is 0.314. The predicted molar refractivity (Wildman–Crippen MR) is 181 cm³/mol. The molecule has 11 nitrogen and oxygen atoms in total. The van der Waals surface area contributed by atoms with E-state index in [1.807, 2.05) is 74.5 Å². The van der Waals surface area contributed by atoms with Gasteiger partial charge in [0.1, 0.15) is 5.56 Å². The SMILES string of the molecule is CCCc1ccc(Oc2nc(Nc3ccc(N4CCN(CC(N)=O)CC4)cc3)ncc2C(=O)Nc2c(C)cccc2C)c(OC)c1. The first kappa shape index (κ1) is 32.2. The molecule has 0 bridgehead atoms. The Bertz CT molecular complexity index is 1670. The maximum atomic E-state index is 13.6. The summed E-state index contributed by atoms with van der Waals surface area (Å²) in [5.41, 5.74) is 11.1. The Balaban J connectivity index is 1.38. The quantitative estimate of drug-likeness (QED) is 0.188. The van der Waals surface area contributed by atoms with Crippen molar-refractivity contribution in [2.75, 3.05) is 55.4 Å². The smallest absolute Gasteiger partial charge is 0.262 e. The van der Waals surface area contributed by atoms with Crippen molar-refractivity contribution in [1.82, 2.24) is 14.9 Å². The number of primary amides is 1. The minimum atomic E-state index is -0.388. The number of carbonyl (C=O) groups excluding carboxylic acids is 2. The van der Waals surface area contributed by atoms with Crippen molar-refractivity contribution in [1.29, 1.82) is 0 Å². The molecule has 0 saturated carbocycles. The third kappa shape index (κ3) is 7.91. The van der Waals surface area contributed by atoms with Crippen molar-refractivity contribution < 1.29 is 19.1 Å². The van der Waals surface area contributed by atoms with Gasteiger partial charge in [0.15, 0.2) is 11.5 Å². The maximum Gasteiger partial charge on any atom is 0.262 e. The first-order valence-corrected chi connectivity index (χ1v) is 15.5. The number of methoxy groups -OCH3 is 1. The van der Waals surface area contributed by atoms with E-state index in [1.54, 1.807) is 7.11 Å². The molecule has 46 heavy (non-hydrogen) atoms. The first-order chi connectivity index (χ1) is 22.2. The molecule has 11 heteroatoms. The molecule has 1 aliphatic rings. The van der Waals surface area contributed by atoms with Crippen molar-refractivity contribution in [3.63, 3.8) is 0 Å². The highest BCUT2D eigenvalue weighted by Crippen LogP contribution is 2.34. The Morgan fingerprint density at radius 3 is 2.33 bits per heavy atom. The zero-order chi connectivity index (χ0) is 32.6. The number of anilines is 4. The van der Waals surface area contributed by atoms with Gasteiger partial charge < -0.3 is 30.7 Å². The molecule has 2 heterocycles. The highest BCUT2D eigenvalue weighted by atomic mass is 16.5. The van der Waals surface area contributed by atoms with Crippen LogP contribution < -0.4 is 30.7 Å². The van der Waals surface area contributed by atoms with E-state index in [0.717, 1.165) is 72.8 Å². The molecule has 2 amide bonds. The van der Waals surface area contributed by atoms with E-state index in [4.69, 9.17) is 15.2 Å². The van der Waals surface area contributed by atoms with Crippen molar-refractivity contribution in [3.8, 4) is 17.4 Å². The number of nitrogens with two attached hydrogens (primary N) is 1. The van der Waals surface area contributed by atoms with Gasteiger partial charge in [-0.15, -0.1) is 0 Å². The fourth-order valence-corrected chi connectivity index (χ4v) is 5.47. The second kappa shape index (κ2) is 14.7. The van der Waals surface area contributed by atoms with E-state index in [1.165, 1.54) is 6.20 Å². The van der Waals surface area contributed by atoms with E-state index < -0.39 is 0 Å². The minimum Gasteiger partial charge on any atom is -0.493 e. The molecule has 1 aromatic heterocycles. The molecule has 0 unspecified atom stereocenters. The summed E-state index contributed by atoms with van der Waals surface area (Å²) < 4.78 is 11.9. The molecule has 4 N–H and O–H groups in total. The average Bonchev–Trinajstić information content (AvgIpc) is 3.04. The maximum absolute atomic E-state index is 13.6. The number of piperazine rings is 1. The van der Waals surface area contributed by atoms with Crippen LogP contribution in [0.3, 0.4) is 0 Å². The van der Waals surface area contributed by atoms with Crippen LogP contribution in [0.5, 0.6) is 17.4 Å². The summed E-state index contributed by atoms with van der Waals surface area (Å²) >= 11 is 0. The van der Waals surface area contributed by atoms with Gasteiger partial charge in [-0.05, 0) is 73.4 Å². The van der Waals surface area contributed by atoms with E-state index >= 15 is 0 Å². The number of para-hydroxylation sites is 1. The molecule has 5 rings (SSSR count). The van der Waals surface area contributed by atoms with Crippen LogP contribution in [0.2, 0.25) is 0 Å². The number of nitrogens with one attached hydrogen (secondary N) is 2. The number of rotatable bonds is 12. The molecule has 0 atom stereocenters. The summed E-state index contributed by atoms with van der Waals surface area (Å²) in [5.74, 6) is 0.653. The molecule has 4 aromatic rings. The second-order valence-electron chi connectivity index (χ2n) is 11.4. The third-order valence-electron chi connectivity index (χ3n) is 7.93. The van der Waals surface area contributed by atoms with Gasteiger partial charge in [-0.25, -0.2) is 4.98 Å². The number of hydrogen-bond acceptors (Lipinski definition) is 9. The van der Waals surface area contributed by atoms with Crippen LogP contribution in [0.4, 0.5) is 23.0 Å². The normalized spacial score (nSPS) is 13.3. The molecule has 1 saturated heterocycles. The topological polar surface area (TPSA) is 135 Å². The predicted octanol–water partition coefficient (Wildman–Crippen LogP) is 5.45. The summed E-state index contributed by atoms with van der Waals surface area (Å²) in [6, 6.07) is 19.6. The Labute approximate surface area is 269 Å². The molecule has 0 aliphatic carbocycles. The monoisotopic (exact) mass is 623 g/mol. The average molecular weight is 624 g/mol.